The van der Waals surface area contributed by atoms with Gasteiger partial charge in [0.2, 0.25) is 0 Å². The standard InChI is InChI=1S/C26H36FN7S/c1-18-5-6-19(2)23(13-18)32-9-11-33(12-10-32)25-15-24(34-8-7-21(17-34)31(3)4)20(14-22(25)27)16-29-30-26(28)35/h5-6,13-16,21H,7-12,17H2,1-4H3,(H3,28,30,35)/t21-/m1/s1. The highest BCUT2D eigenvalue weighted by Gasteiger charge is 2.28. The van der Waals surface area contributed by atoms with Crippen LogP contribution in [0.5, 0.6) is 0 Å². The van der Waals surface area contributed by atoms with E-state index in [1.165, 1.54) is 16.8 Å². The first kappa shape index (κ1) is 25.2. The molecule has 2 aromatic carbocycles. The van der Waals surface area contributed by atoms with Crippen molar-refractivity contribution in [3.05, 3.63) is 52.8 Å². The lowest BCUT2D eigenvalue weighted by molar-refractivity contribution is 0.315. The number of hydrogen-bond acceptors (Lipinski definition) is 6. The second-order valence-electron chi connectivity index (χ2n) is 9.71. The molecule has 35 heavy (non-hydrogen) atoms. The molecule has 0 amide bonds. The first-order chi connectivity index (χ1) is 16.7. The topological polar surface area (TPSA) is 63.4 Å². The molecule has 188 valence electrons. The summed E-state index contributed by atoms with van der Waals surface area (Å²) in [5.74, 6) is -0.242. The number of nitrogens with zero attached hydrogens (tertiary/aromatic N) is 5. The normalized spacial score (nSPS) is 18.7. The maximum absolute atomic E-state index is 15.4. The maximum atomic E-state index is 15.4. The van der Waals surface area contributed by atoms with Crippen LogP contribution in [0.4, 0.5) is 21.5 Å². The second-order valence-corrected chi connectivity index (χ2v) is 10.2. The van der Waals surface area contributed by atoms with E-state index in [1.54, 1.807) is 12.3 Å². The SMILES string of the molecule is Cc1ccc(C)c(N2CCN(c3cc(N4CC[C@@H](N(C)C)C4)c(C=NNC(N)=S)cc3F)CC2)c1. The minimum absolute atomic E-state index is 0.0791. The van der Waals surface area contributed by atoms with E-state index in [0.717, 1.165) is 51.4 Å². The van der Waals surface area contributed by atoms with Gasteiger partial charge in [0.05, 0.1) is 11.9 Å². The number of piperazine rings is 1. The lowest BCUT2D eigenvalue weighted by Gasteiger charge is -2.38. The monoisotopic (exact) mass is 497 g/mol. The van der Waals surface area contributed by atoms with Crippen LogP contribution in [-0.4, -0.2) is 75.6 Å². The van der Waals surface area contributed by atoms with Gasteiger partial charge in [-0.1, -0.05) is 12.1 Å². The van der Waals surface area contributed by atoms with Gasteiger partial charge >= 0.3 is 0 Å². The third-order valence-electron chi connectivity index (χ3n) is 7.03. The summed E-state index contributed by atoms with van der Waals surface area (Å²) in [6.07, 6.45) is 2.67. The Kier molecular flexibility index (Phi) is 7.76. The molecule has 0 radical (unpaired) electrons. The molecule has 0 unspecified atom stereocenters. The summed E-state index contributed by atoms with van der Waals surface area (Å²) in [7, 11) is 4.21. The van der Waals surface area contributed by atoms with E-state index in [2.05, 4.69) is 76.3 Å². The quantitative estimate of drug-likeness (QED) is 0.361. The average molecular weight is 498 g/mol. The predicted molar refractivity (Wildman–Crippen MR) is 149 cm³/mol. The number of anilines is 3. The average Bonchev–Trinajstić information content (AvgIpc) is 3.31. The predicted octanol–water partition coefficient (Wildman–Crippen LogP) is 3.08. The Hall–Kier alpha value is -2.91. The molecule has 1 atom stereocenters. The molecule has 0 bridgehead atoms. The van der Waals surface area contributed by atoms with Gasteiger partial charge in [-0.25, -0.2) is 4.39 Å². The molecule has 2 aliphatic rings. The Morgan fingerprint density at radius 2 is 1.71 bits per heavy atom. The van der Waals surface area contributed by atoms with Crippen molar-refractivity contribution in [2.75, 3.05) is 68.1 Å². The third kappa shape index (κ3) is 5.85. The number of hydrogen-bond donors (Lipinski definition) is 2. The first-order valence-electron chi connectivity index (χ1n) is 12.1. The second kappa shape index (κ2) is 10.8. The summed E-state index contributed by atoms with van der Waals surface area (Å²) in [5.41, 5.74) is 14.2. The maximum Gasteiger partial charge on any atom is 0.184 e. The number of nitrogens with two attached hydrogens (primary N) is 1. The van der Waals surface area contributed by atoms with Crippen LogP contribution in [0.1, 0.15) is 23.1 Å². The zero-order valence-corrected chi connectivity index (χ0v) is 21.9. The van der Waals surface area contributed by atoms with Gasteiger partial charge in [0.1, 0.15) is 5.82 Å². The molecule has 0 spiro atoms. The van der Waals surface area contributed by atoms with Crippen LogP contribution >= 0.6 is 12.2 Å². The van der Waals surface area contributed by atoms with Crippen LogP contribution in [0, 0.1) is 19.7 Å². The van der Waals surface area contributed by atoms with Crippen molar-refractivity contribution in [2.45, 2.75) is 26.3 Å². The summed E-state index contributed by atoms with van der Waals surface area (Å²) < 4.78 is 15.4. The van der Waals surface area contributed by atoms with Gasteiger partial charge in [0.15, 0.2) is 5.11 Å². The summed E-state index contributed by atoms with van der Waals surface area (Å²) in [6, 6.07) is 10.6. The number of likely N-dealkylation sites (N-methyl/N-ethyl adjacent to an activating group) is 1. The Morgan fingerprint density at radius 1 is 1.03 bits per heavy atom. The van der Waals surface area contributed by atoms with Crippen molar-refractivity contribution in [3.8, 4) is 0 Å². The zero-order valence-electron chi connectivity index (χ0n) is 21.1. The van der Waals surface area contributed by atoms with Gasteiger partial charge in [-0.05, 0) is 75.9 Å². The van der Waals surface area contributed by atoms with E-state index in [4.69, 9.17) is 18.0 Å². The van der Waals surface area contributed by atoms with E-state index >= 15 is 4.39 Å². The molecule has 7 nitrogen and oxygen atoms in total. The number of nitrogens with one attached hydrogen (secondary N) is 1. The molecule has 0 aromatic heterocycles. The van der Waals surface area contributed by atoms with E-state index < -0.39 is 0 Å². The van der Waals surface area contributed by atoms with Crippen LogP contribution in [0.2, 0.25) is 0 Å². The molecule has 2 aliphatic heterocycles. The fourth-order valence-electron chi connectivity index (χ4n) is 4.98. The van der Waals surface area contributed by atoms with Gasteiger partial charge in [-0.2, -0.15) is 5.10 Å². The molecule has 9 heteroatoms. The van der Waals surface area contributed by atoms with Gasteiger partial charge < -0.3 is 25.3 Å². The molecule has 0 aliphatic carbocycles. The largest absolute Gasteiger partial charge is 0.375 e. The van der Waals surface area contributed by atoms with Gasteiger partial charge in [0, 0.05) is 62.2 Å². The lowest BCUT2D eigenvalue weighted by atomic mass is 10.1. The summed E-state index contributed by atoms with van der Waals surface area (Å²) in [5, 5.41) is 4.18. The molecule has 2 saturated heterocycles. The molecular weight excluding hydrogens is 461 g/mol. The van der Waals surface area contributed by atoms with Crippen molar-refractivity contribution < 1.29 is 4.39 Å². The zero-order chi connectivity index (χ0) is 25.1. The van der Waals surface area contributed by atoms with Crippen molar-refractivity contribution in [2.24, 2.45) is 10.8 Å². The summed E-state index contributed by atoms with van der Waals surface area (Å²) >= 11 is 4.84. The number of aryl methyl sites for hydroxylation is 2. The highest BCUT2D eigenvalue weighted by Crippen LogP contribution is 2.33. The highest BCUT2D eigenvalue weighted by molar-refractivity contribution is 7.80. The van der Waals surface area contributed by atoms with E-state index in [0.29, 0.717) is 17.3 Å². The van der Waals surface area contributed by atoms with Crippen LogP contribution in [0.25, 0.3) is 0 Å². The minimum atomic E-state index is -0.242. The molecule has 2 fully saturated rings. The van der Waals surface area contributed by atoms with Crippen LogP contribution in [-0.2, 0) is 0 Å². The molecular formula is C26H36FN7S. The summed E-state index contributed by atoms with van der Waals surface area (Å²) in [4.78, 5) is 9.14. The van der Waals surface area contributed by atoms with Crippen molar-refractivity contribution >= 4 is 40.6 Å². The van der Waals surface area contributed by atoms with Gasteiger partial charge in [-0.15, -0.1) is 0 Å². The number of halogens is 1. The first-order valence-corrected chi connectivity index (χ1v) is 12.5. The van der Waals surface area contributed by atoms with Crippen molar-refractivity contribution in [3.63, 3.8) is 0 Å². The van der Waals surface area contributed by atoms with Crippen LogP contribution in [0.3, 0.4) is 0 Å². The Morgan fingerprint density at radius 3 is 2.34 bits per heavy atom. The lowest BCUT2D eigenvalue weighted by Crippen LogP contribution is -2.47. The molecule has 3 N–H and O–H groups in total. The van der Waals surface area contributed by atoms with Crippen molar-refractivity contribution in [1.82, 2.24) is 10.3 Å². The number of benzene rings is 2. The molecule has 2 aromatic rings. The number of thiocarbonyl (C=S) groups is 1. The highest BCUT2D eigenvalue weighted by atomic mass is 32.1. The van der Waals surface area contributed by atoms with Gasteiger partial charge in [-0.3, -0.25) is 5.43 Å². The van der Waals surface area contributed by atoms with E-state index in [-0.39, 0.29) is 10.9 Å². The van der Waals surface area contributed by atoms with Gasteiger partial charge in [0.25, 0.3) is 0 Å². The van der Waals surface area contributed by atoms with Crippen LogP contribution < -0.4 is 25.9 Å². The fourth-order valence-corrected chi connectivity index (χ4v) is 5.03. The van der Waals surface area contributed by atoms with Crippen molar-refractivity contribution in [1.29, 1.82) is 0 Å². The summed E-state index contributed by atoms with van der Waals surface area (Å²) in [6.45, 7) is 9.31. The molecule has 2 heterocycles. The minimum Gasteiger partial charge on any atom is -0.375 e. The van der Waals surface area contributed by atoms with E-state index in [9.17, 15) is 0 Å². The fraction of sp³-hybridized carbons (Fsp3) is 0.462. The number of rotatable bonds is 6. The Balaban J connectivity index is 1.57. The van der Waals surface area contributed by atoms with Crippen LogP contribution in [0.15, 0.2) is 35.4 Å². The third-order valence-corrected chi connectivity index (χ3v) is 7.13. The number of hydrazone groups is 1. The van der Waals surface area contributed by atoms with E-state index in [1.807, 2.05) is 6.07 Å². The Labute approximate surface area is 213 Å². The smallest absolute Gasteiger partial charge is 0.184 e. The molecule has 0 saturated carbocycles. The Bertz CT molecular complexity index is 1100. The molecule has 4 rings (SSSR count).